The number of carbonyl (C=O) groups is 1. The maximum atomic E-state index is 11.8. The third kappa shape index (κ3) is 5.81. The molecule has 0 spiro atoms. The maximum absolute atomic E-state index is 11.8. The number of hydrogen-bond acceptors (Lipinski definition) is 2. The number of carbonyl (C=O) groups excluding carboxylic acids is 1. The topological polar surface area (TPSA) is 41.1 Å². The summed E-state index contributed by atoms with van der Waals surface area (Å²) in [6.07, 6.45) is 3.68. The fourth-order valence-corrected chi connectivity index (χ4v) is 2.90. The van der Waals surface area contributed by atoms with Crippen LogP contribution in [0.3, 0.4) is 0 Å². The van der Waals surface area contributed by atoms with Crippen molar-refractivity contribution in [2.45, 2.75) is 25.7 Å². The fourth-order valence-electron chi connectivity index (χ4n) is 2.41. The van der Waals surface area contributed by atoms with Crippen LogP contribution in [-0.4, -0.2) is 25.5 Å². The minimum Gasteiger partial charge on any atom is -0.356 e. The Bertz CT molecular complexity index is 422. The molecule has 1 aromatic rings. The molecule has 1 amide bonds. The Morgan fingerprint density at radius 1 is 1.40 bits per heavy atom. The first kappa shape index (κ1) is 17.5. The molecule has 5 heteroatoms. The number of hydrogen-bond donors (Lipinski definition) is 2. The number of nitrogens with one attached hydrogen (secondary N) is 2. The van der Waals surface area contributed by atoms with Gasteiger partial charge in [-0.15, -0.1) is 12.4 Å². The van der Waals surface area contributed by atoms with Crippen LogP contribution in [0.15, 0.2) is 28.7 Å². The summed E-state index contributed by atoms with van der Waals surface area (Å²) in [6, 6.07) is 8.07. The van der Waals surface area contributed by atoms with Gasteiger partial charge in [0.05, 0.1) is 0 Å². The lowest BCUT2D eigenvalue weighted by Gasteiger charge is -2.09. The first-order valence-electron chi connectivity index (χ1n) is 6.96. The van der Waals surface area contributed by atoms with Crippen molar-refractivity contribution in [1.82, 2.24) is 10.6 Å². The molecular formula is C15H22BrClN2O. The molecule has 0 aliphatic carbocycles. The third-order valence-corrected chi connectivity index (χ3v) is 4.39. The molecule has 20 heavy (non-hydrogen) atoms. The van der Waals surface area contributed by atoms with Gasteiger partial charge >= 0.3 is 0 Å². The minimum atomic E-state index is 0. The van der Waals surface area contributed by atoms with Crippen LogP contribution in [0.25, 0.3) is 0 Å². The van der Waals surface area contributed by atoms with E-state index in [2.05, 4.69) is 32.6 Å². The van der Waals surface area contributed by atoms with Crippen molar-refractivity contribution >= 4 is 34.2 Å². The van der Waals surface area contributed by atoms with Gasteiger partial charge in [-0.25, -0.2) is 0 Å². The Morgan fingerprint density at radius 2 is 2.20 bits per heavy atom. The predicted molar refractivity (Wildman–Crippen MR) is 88.3 cm³/mol. The summed E-state index contributed by atoms with van der Waals surface area (Å²) >= 11 is 3.51. The van der Waals surface area contributed by atoms with Crippen LogP contribution in [-0.2, 0) is 11.2 Å². The second-order valence-corrected chi connectivity index (χ2v) is 5.94. The summed E-state index contributed by atoms with van der Waals surface area (Å²) in [7, 11) is 0. The van der Waals surface area contributed by atoms with Gasteiger partial charge in [-0.2, -0.15) is 0 Å². The summed E-state index contributed by atoms with van der Waals surface area (Å²) in [5, 5.41) is 6.36. The second-order valence-electron chi connectivity index (χ2n) is 5.09. The Hall–Kier alpha value is -0.580. The monoisotopic (exact) mass is 360 g/mol. The van der Waals surface area contributed by atoms with Crippen LogP contribution >= 0.6 is 28.3 Å². The zero-order chi connectivity index (χ0) is 13.5. The van der Waals surface area contributed by atoms with E-state index in [4.69, 9.17) is 0 Å². The minimum absolute atomic E-state index is 0. The van der Waals surface area contributed by atoms with Gasteiger partial charge in [-0.1, -0.05) is 34.1 Å². The van der Waals surface area contributed by atoms with Gasteiger partial charge in [0.25, 0.3) is 0 Å². The largest absolute Gasteiger partial charge is 0.356 e. The normalized spacial score (nSPS) is 17.6. The molecule has 0 radical (unpaired) electrons. The molecule has 2 rings (SSSR count). The smallest absolute Gasteiger partial charge is 0.220 e. The van der Waals surface area contributed by atoms with E-state index in [0.29, 0.717) is 6.42 Å². The average molecular weight is 362 g/mol. The Balaban J connectivity index is 0.00000200. The highest BCUT2D eigenvalue weighted by atomic mass is 79.9. The summed E-state index contributed by atoms with van der Waals surface area (Å²) < 4.78 is 1.08. The van der Waals surface area contributed by atoms with Crippen molar-refractivity contribution in [2.24, 2.45) is 5.92 Å². The van der Waals surface area contributed by atoms with Crippen molar-refractivity contribution in [3.05, 3.63) is 34.3 Å². The highest BCUT2D eigenvalue weighted by Crippen LogP contribution is 2.17. The van der Waals surface area contributed by atoms with Crippen molar-refractivity contribution in [1.29, 1.82) is 0 Å². The Morgan fingerprint density at radius 3 is 2.90 bits per heavy atom. The summed E-state index contributed by atoms with van der Waals surface area (Å²) in [5.41, 5.74) is 1.19. The van der Waals surface area contributed by atoms with Gasteiger partial charge in [-0.05, 0) is 49.9 Å². The molecule has 1 fully saturated rings. The molecule has 1 atom stereocenters. The van der Waals surface area contributed by atoms with Gasteiger partial charge in [-0.3, -0.25) is 4.79 Å². The van der Waals surface area contributed by atoms with Crippen molar-refractivity contribution in [3.63, 3.8) is 0 Å². The lowest BCUT2D eigenvalue weighted by Crippen LogP contribution is -2.26. The van der Waals surface area contributed by atoms with Crippen molar-refractivity contribution in [3.8, 4) is 0 Å². The van der Waals surface area contributed by atoms with Crippen LogP contribution in [0.4, 0.5) is 0 Å². The summed E-state index contributed by atoms with van der Waals surface area (Å²) in [6.45, 7) is 3.04. The predicted octanol–water partition coefficient (Wildman–Crippen LogP) is 2.92. The zero-order valence-electron chi connectivity index (χ0n) is 11.5. The third-order valence-electron chi connectivity index (χ3n) is 3.62. The highest BCUT2D eigenvalue weighted by Gasteiger charge is 2.14. The molecule has 3 nitrogen and oxygen atoms in total. The zero-order valence-corrected chi connectivity index (χ0v) is 13.9. The SMILES string of the molecule is Cl.O=C(CCc1ccccc1Br)NCCC1CCNC1. The maximum Gasteiger partial charge on any atom is 0.220 e. The number of aryl methyl sites for hydroxylation is 1. The summed E-state index contributed by atoms with van der Waals surface area (Å²) in [5.74, 6) is 0.894. The van der Waals surface area contributed by atoms with E-state index in [0.717, 1.165) is 42.9 Å². The van der Waals surface area contributed by atoms with Gasteiger partial charge in [0, 0.05) is 17.4 Å². The first-order chi connectivity index (χ1) is 9.25. The van der Waals surface area contributed by atoms with E-state index in [1.54, 1.807) is 0 Å². The lowest BCUT2D eigenvalue weighted by molar-refractivity contribution is -0.121. The quantitative estimate of drug-likeness (QED) is 0.818. The van der Waals surface area contributed by atoms with Crippen LogP contribution in [0.2, 0.25) is 0 Å². The molecule has 1 saturated heterocycles. The van der Waals surface area contributed by atoms with E-state index in [9.17, 15) is 4.79 Å². The average Bonchev–Trinajstić information content (AvgIpc) is 2.91. The molecule has 1 heterocycles. The standard InChI is InChI=1S/C15H21BrN2O.ClH/c16-14-4-2-1-3-13(14)5-6-15(19)18-10-8-12-7-9-17-11-12;/h1-4,12,17H,5-11H2,(H,18,19);1H. The van der Waals surface area contributed by atoms with Crippen LogP contribution in [0.1, 0.15) is 24.8 Å². The number of rotatable bonds is 6. The second kappa shape index (κ2) is 9.37. The number of benzene rings is 1. The molecule has 1 aromatic carbocycles. The highest BCUT2D eigenvalue weighted by molar-refractivity contribution is 9.10. The Labute approximate surface area is 135 Å². The van der Waals surface area contributed by atoms with E-state index in [1.165, 1.54) is 12.0 Å². The number of halogens is 2. The van der Waals surface area contributed by atoms with E-state index < -0.39 is 0 Å². The van der Waals surface area contributed by atoms with Gasteiger partial charge < -0.3 is 10.6 Å². The molecule has 1 unspecified atom stereocenters. The molecule has 0 saturated carbocycles. The van der Waals surface area contributed by atoms with Crippen LogP contribution < -0.4 is 10.6 Å². The molecular weight excluding hydrogens is 340 g/mol. The fraction of sp³-hybridized carbons (Fsp3) is 0.533. The van der Waals surface area contributed by atoms with E-state index in [1.807, 2.05) is 18.2 Å². The number of amides is 1. The van der Waals surface area contributed by atoms with Crippen molar-refractivity contribution in [2.75, 3.05) is 19.6 Å². The van der Waals surface area contributed by atoms with E-state index >= 15 is 0 Å². The lowest BCUT2D eigenvalue weighted by atomic mass is 10.1. The van der Waals surface area contributed by atoms with Gasteiger partial charge in [0.1, 0.15) is 0 Å². The van der Waals surface area contributed by atoms with Crippen LogP contribution in [0.5, 0.6) is 0 Å². The summed E-state index contributed by atoms with van der Waals surface area (Å²) in [4.78, 5) is 11.8. The van der Waals surface area contributed by atoms with Crippen LogP contribution in [0, 0.1) is 5.92 Å². The first-order valence-corrected chi connectivity index (χ1v) is 7.76. The molecule has 0 bridgehead atoms. The Kier molecular flexibility index (Phi) is 8.19. The molecule has 1 aliphatic rings. The molecule has 112 valence electrons. The molecule has 2 N–H and O–H groups in total. The molecule has 1 aliphatic heterocycles. The molecule has 0 aromatic heterocycles. The van der Waals surface area contributed by atoms with E-state index in [-0.39, 0.29) is 18.3 Å². The van der Waals surface area contributed by atoms with Crippen molar-refractivity contribution < 1.29 is 4.79 Å². The van der Waals surface area contributed by atoms with Gasteiger partial charge in [0.2, 0.25) is 5.91 Å². The van der Waals surface area contributed by atoms with Gasteiger partial charge in [0.15, 0.2) is 0 Å².